The zero-order valence-electron chi connectivity index (χ0n) is 13.6. The number of hydrogen-bond acceptors (Lipinski definition) is 2. The summed E-state index contributed by atoms with van der Waals surface area (Å²) in [7, 11) is 1.91. The Morgan fingerprint density at radius 2 is 2.26 bits per heavy atom. The van der Waals surface area contributed by atoms with Crippen LogP contribution < -0.4 is 15.6 Å². The van der Waals surface area contributed by atoms with Crippen molar-refractivity contribution in [2.24, 2.45) is 4.99 Å². The molecule has 4 heteroatoms. The smallest absolute Gasteiger partial charge is 0.132 e. The van der Waals surface area contributed by atoms with Crippen LogP contribution in [-0.2, 0) is 0 Å². The molecule has 0 radical (unpaired) electrons. The standard InChI is InChI=1S/C19H22FN3/c1-14(18-13-16-6-4-9-21-19(16)22-18)11-15-5-3-7-17(12-15)23(2)10-8-20/h3,5-7,11-13H,4,8-10H2,1-2H3,(H,21,22). The van der Waals surface area contributed by atoms with Crippen LogP contribution in [-0.4, -0.2) is 31.8 Å². The summed E-state index contributed by atoms with van der Waals surface area (Å²) in [6.45, 7) is 3.02. The van der Waals surface area contributed by atoms with Gasteiger partial charge < -0.3 is 9.88 Å². The number of aromatic nitrogens is 1. The van der Waals surface area contributed by atoms with E-state index in [0.29, 0.717) is 6.54 Å². The molecule has 0 unspecified atom stereocenters. The Morgan fingerprint density at radius 3 is 3.04 bits per heavy atom. The molecule has 0 bridgehead atoms. The van der Waals surface area contributed by atoms with Gasteiger partial charge in [0.05, 0.1) is 0 Å². The Balaban J connectivity index is 1.89. The van der Waals surface area contributed by atoms with Gasteiger partial charge in [-0.25, -0.2) is 4.39 Å². The Labute approximate surface area is 135 Å². The fourth-order valence-electron chi connectivity index (χ4n) is 2.79. The molecule has 2 aromatic rings. The molecule has 0 saturated carbocycles. The van der Waals surface area contributed by atoms with Crippen molar-refractivity contribution in [2.75, 3.05) is 31.7 Å². The number of benzene rings is 1. The molecular formula is C19H22FN3. The Morgan fingerprint density at radius 1 is 1.39 bits per heavy atom. The van der Waals surface area contributed by atoms with E-state index in [1.165, 1.54) is 5.22 Å². The van der Waals surface area contributed by atoms with Crippen molar-refractivity contribution in [1.29, 1.82) is 0 Å². The molecule has 23 heavy (non-hydrogen) atoms. The van der Waals surface area contributed by atoms with E-state index in [9.17, 15) is 4.39 Å². The number of halogens is 1. The Kier molecular flexibility index (Phi) is 4.60. The van der Waals surface area contributed by atoms with Crippen molar-refractivity contribution in [3.63, 3.8) is 0 Å². The maximum Gasteiger partial charge on any atom is 0.132 e. The van der Waals surface area contributed by atoms with Crippen LogP contribution in [0.5, 0.6) is 0 Å². The van der Waals surface area contributed by atoms with Crippen LogP contribution in [0.25, 0.3) is 17.7 Å². The van der Waals surface area contributed by atoms with Gasteiger partial charge in [-0.15, -0.1) is 0 Å². The fraction of sp³-hybridized carbons (Fsp3) is 0.316. The first kappa shape index (κ1) is 15.5. The number of nitrogens with zero attached hydrogens (tertiary/aromatic N) is 2. The number of hydrogen-bond donors (Lipinski definition) is 1. The van der Waals surface area contributed by atoms with E-state index in [4.69, 9.17) is 0 Å². The van der Waals surface area contributed by atoms with Crippen LogP contribution >= 0.6 is 0 Å². The van der Waals surface area contributed by atoms with Crippen LogP contribution in [0.15, 0.2) is 35.3 Å². The lowest BCUT2D eigenvalue weighted by atomic mass is 10.1. The summed E-state index contributed by atoms with van der Waals surface area (Å²) in [4.78, 5) is 9.81. The number of anilines is 1. The molecule has 0 amide bonds. The zero-order valence-corrected chi connectivity index (χ0v) is 13.6. The second kappa shape index (κ2) is 6.82. The van der Waals surface area contributed by atoms with Gasteiger partial charge in [0.25, 0.3) is 0 Å². The van der Waals surface area contributed by atoms with E-state index in [1.54, 1.807) is 0 Å². The van der Waals surface area contributed by atoms with Crippen LogP contribution in [0.3, 0.4) is 0 Å². The van der Waals surface area contributed by atoms with Crippen molar-refractivity contribution < 1.29 is 4.39 Å². The minimum atomic E-state index is -0.344. The maximum atomic E-state index is 12.5. The Hall–Kier alpha value is -2.36. The molecular weight excluding hydrogens is 289 g/mol. The molecule has 0 spiro atoms. The molecule has 0 atom stereocenters. The van der Waals surface area contributed by atoms with E-state index in [0.717, 1.165) is 41.0 Å². The van der Waals surface area contributed by atoms with Gasteiger partial charge in [-0.2, -0.15) is 0 Å². The second-order valence-corrected chi connectivity index (χ2v) is 5.89. The first-order valence-corrected chi connectivity index (χ1v) is 7.97. The molecule has 3 rings (SSSR count). The molecule has 1 aromatic carbocycles. The number of allylic oxidation sites excluding steroid dienone is 1. The molecule has 0 saturated heterocycles. The van der Waals surface area contributed by atoms with E-state index in [1.807, 2.05) is 24.1 Å². The van der Waals surface area contributed by atoms with Gasteiger partial charge in [-0.05, 0) is 48.8 Å². The molecule has 120 valence electrons. The lowest BCUT2D eigenvalue weighted by molar-refractivity contribution is 0.497. The zero-order chi connectivity index (χ0) is 16.2. The molecule has 1 N–H and O–H groups in total. The molecule has 1 aliphatic heterocycles. The third kappa shape index (κ3) is 3.52. The molecule has 1 aliphatic rings. The summed E-state index contributed by atoms with van der Waals surface area (Å²) < 4.78 is 12.5. The van der Waals surface area contributed by atoms with Crippen molar-refractivity contribution in [3.05, 3.63) is 52.3 Å². The highest BCUT2D eigenvalue weighted by molar-refractivity contribution is 5.79. The average Bonchev–Trinajstić information content (AvgIpc) is 2.99. The van der Waals surface area contributed by atoms with Crippen LogP contribution in [0, 0.1) is 0 Å². The monoisotopic (exact) mass is 311 g/mol. The van der Waals surface area contributed by atoms with Crippen LogP contribution in [0.2, 0.25) is 0 Å². The third-order valence-electron chi connectivity index (χ3n) is 4.13. The first-order valence-electron chi connectivity index (χ1n) is 7.97. The van der Waals surface area contributed by atoms with Gasteiger partial charge in [0.1, 0.15) is 12.2 Å². The van der Waals surface area contributed by atoms with E-state index in [2.05, 4.69) is 47.3 Å². The second-order valence-electron chi connectivity index (χ2n) is 5.89. The first-order chi connectivity index (χ1) is 11.2. The summed E-state index contributed by atoms with van der Waals surface area (Å²) in [5.74, 6) is 0. The summed E-state index contributed by atoms with van der Waals surface area (Å²) in [6, 6.07) is 10.3. The highest BCUT2D eigenvalue weighted by Gasteiger charge is 2.04. The largest absolute Gasteiger partial charge is 0.372 e. The predicted molar refractivity (Wildman–Crippen MR) is 94.8 cm³/mol. The quantitative estimate of drug-likeness (QED) is 0.904. The average molecular weight is 311 g/mol. The van der Waals surface area contributed by atoms with Crippen LogP contribution in [0.1, 0.15) is 24.6 Å². The van der Waals surface area contributed by atoms with Crippen molar-refractivity contribution in [3.8, 4) is 0 Å². The van der Waals surface area contributed by atoms with E-state index >= 15 is 0 Å². The molecule has 1 aromatic heterocycles. The van der Waals surface area contributed by atoms with Crippen molar-refractivity contribution in [1.82, 2.24) is 4.98 Å². The van der Waals surface area contributed by atoms with Gasteiger partial charge in [-0.1, -0.05) is 18.2 Å². The molecule has 0 fully saturated rings. The topological polar surface area (TPSA) is 31.4 Å². The molecule has 3 nitrogen and oxygen atoms in total. The predicted octanol–water partition coefficient (Wildman–Crippen LogP) is 2.78. The highest BCUT2D eigenvalue weighted by Crippen LogP contribution is 2.19. The summed E-state index contributed by atoms with van der Waals surface area (Å²) in [5, 5.41) is 1.19. The normalized spacial score (nSPS) is 14.0. The number of aromatic amines is 1. The van der Waals surface area contributed by atoms with Crippen LogP contribution in [0.4, 0.5) is 10.1 Å². The molecule has 0 aliphatic carbocycles. The fourth-order valence-corrected chi connectivity index (χ4v) is 2.79. The molecule has 2 heterocycles. The van der Waals surface area contributed by atoms with Gasteiger partial charge >= 0.3 is 0 Å². The number of fused-ring (bicyclic) bond motifs is 1. The lowest BCUT2D eigenvalue weighted by Gasteiger charge is -2.17. The van der Waals surface area contributed by atoms with Gasteiger partial charge in [0, 0.05) is 36.7 Å². The number of nitrogens with one attached hydrogen (secondary N) is 1. The number of rotatable bonds is 5. The lowest BCUT2D eigenvalue weighted by Crippen LogP contribution is -2.25. The Bertz CT molecular complexity index is 799. The third-order valence-corrected chi connectivity index (χ3v) is 4.13. The summed E-state index contributed by atoms with van der Waals surface area (Å²) >= 11 is 0. The summed E-state index contributed by atoms with van der Waals surface area (Å²) in [5.41, 5.74) is 5.38. The van der Waals surface area contributed by atoms with E-state index in [-0.39, 0.29) is 6.67 Å². The van der Waals surface area contributed by atoms with E-state index < -0.39 is 0 Å². The van der Waals surface area contributed by atoms with Crippen molar-refractivity contribution in [2.45, 2.75) is 13.3 Å². The number of H-pyrrole nitrogens is 1. The van der Waals surface area contributed by atoms with Gasteiger partial charge in [0.2, 0.25) is 0 Å². The van der Waals surface area contributed by atoms with Gasteiger partial charge in [-0.3, -0.25) is 4.99 Å². The number of alkyl halides is 1. The minimum Gasteiger partial charge on any atom is -0.372 e. The van der Waals surface area contributed by atoms with Crippen molar-refractivity contribution >= 4 is 23.4 Å². The maximum absolute atomic E-state index is 12.5. The minimum absolute atomic E-state index is 0.344. The summed E-state index contributed by atoms with van der Waals surface area (Å²) in [6.07, 6.45) is 5.38. The SMILES string of the molecule is CC(=Cc1cccc(N(C)CCF)c1)c1cc2c([nH]1)=NCCC=2. The highest BCUT2D eigenvalue weighted by atomic mass is 19.1. The van der Waals surface area contributed by atoms with Gasteiger partial charge in [0.15, 0.2) is 0 Å².